The molecule has 0 aliphatic rings. The van der Waals surface area contributed by atoms with Crippen molar-refractivity contribution in [3.63, 3.8) is 0 Å². The molecule has 0 radical (unpaired) electrons. The van der Waals surface area contributed by atoms with Gasteiger partial charge in [0, 0.05) is 18.7 Å². The fourth-order valence-electron chi connectivity index (χ4n) is 2.34. The van der Waals surface area contributed by atoms with Crippen LogP contribution in [-0.2, 0) is 5.92 Å². The molecule has 3 rings (SSSR count). The number of alkyl halides is 2. The third-order valence-electron chi connectivity index (χ3n) is 3.47. The van der Waals surface area contributed by atoms with E-state index in [1.54, 1.807) is 19.2 Å². The predicted octanol–water partition coefficient (Wildman–Crippen LogP) is 4.65. The van der Waals surface area contributed by atoms with Crippen LogP contribution in [0.2, 0.25) is 0 Å². The third kappa shape index (κ3) is 3.10. The Morgan fingerprint density at radius 3 is 2.50 bits per heavy atom. The zero-order valence-corrected chi connectivity index (χ0v) is 13.4. The predicted molar refractivity (Wildman–Crippen MR) is 83.1 cm³/mol. The van der Waals surface area contributed by atoms with Crippen LogP contribution in [0.4, 0.5) is 8.78 Å². The lowest BCUT2D eigenvalue weighted by Gasteiger charge is -2.12. The Balaban J connectivity index is 1.94. The van der Waals surface area contributed by atoms with Gasteiger partial charge in [-0.2, -0.15) is 8.78 Å². The maximum atomic E-state index is 13.2. The van der Waals surface area contributed by atoms with Crippen LogP contribution in [0.15, 0.2) is 41.2 Å². The van der Waals surface area contributed by atoms with Crippen molar-refractivity contribution in [2.24, 2.45) is 0 Å². The summed E-state index contributed by atoms with van der Waals surface area (Å²) in [5.74, 6) is -1.71. The van der Waals surface area contributed by atoms with Gasteiger partial charge in [-0.25, -0.2) is 4.98 Å². The summed E-state index contributed by atoms with van der Waals surface area (Å²) in [7, 11) is 0. The van der Waals surface area contributed by atoms with Crippen molar-refractivity contribution in [3.8, 4) is 22.8 Å². The lowest BCUT2D eigenvalue weighted by Crippen LogP contribution is -2.09. The summed E-state index contributed by atoms with van der Waals surface area (Å²) in [6.07, 6.45) is 2.83. The lowest BCUT2D eigenvalue weighted by molar-refractivity contribution is 0.0127. The Morgan fingerprint density at radius 2 is 1.92 bits per heavy atom. The molecule has 24 heavy (non-hydrogen) atoms. The smallest absolute Gasteiger partial charge is 0.286 e. The van der Waals surface area contributed by atoms with Crippen LogP contribution >= 0.6 is 0 Å². The Morgan fingerprint density at radius 1 is 1.12 bits per heavy atom. The first-order valence-electron chi connectivity index (χ1n) is 7.26. The molecule has 0 atom stereocenters. The number of hydrogen-bond donors (Lipinski definition) is 0. The number of pyridine rings is 2. The maximum Gasteiger partial charge on any atom is 0.286 e. The van der Waals surface area contributed by atoms with Crippen LogP contribution in [0, 0.1) is 13.8 Å². The fourth-order valence-corrected chi connectivity index (χ4v) is 2.34. The van der Waals surface area contributed by atoms with Gasteiger partial charge in [0.1, 0.15) is 17.2 Å². The molecule has 0 bridgehead atoms. The van der Waals surface area contributed by atoms with Gasteiger partial charge in [0.15, 0.2) is 0 Å². The van der Waals surface area contributed by atoms with Crippen molar-refractivity contribution in [1.82, 2.24) is 15.1 Å². The van der Waals surface area contributed by atoms with Gasteiger partial charge in [0.25, 0.3) is 5.92 Å². The third-order valence-corrected chi connectivity index (χ3v) is 3.47. The monoisotopic (exact) mass is 331 g/mol. The van der Waals surface area contributed by atoms with E-state index in [-0.39, 0.29) is 5.69 Å². The van der Waals surface area contributed by atoms with Gasteiger partial charge in [-0.1, -0.05) is 5.16 Å². The van der Waals surface area contributed by atoms with E-state index >= 15 is 0 Å². The lowest BCUT2D eigenvalue weighted by atomic mass is 10.1. The normalized spacial score (nSPS) is 11.5. The van der Waals surface area contributed by atoms with E-state index in [0.717, 1.165) is 12.5 Å². The Bertz CT molecular complexity index is 836. The summed E-state index contributed by atoms with van der Waals surface area (Å²) in [4.78, 5) is 7.96. The van der Waals surface area contributed by atoms with E-state index in [9.17, 15) is 8.78 Å². The largest absolute Gasteiger partial charge is 0.437 e. The molecule has 3 aromatic heterocycles. The SMILES string of the molecule is Cc1noc(C)c1-c1cccnc1Oc1ccc(C(C)(F)F)nc1. The molecule has 0 aliphatic heterocycles. The van der Waals surface area contributed by atoms with Crippen LogP contribution in [0.5, 0.6) is 11.6 Å². The Labute approximate surface area is 137 Å². The van der Waals surface area contributed by atoms with E-state index in [0.29, 0.717) is 28.6 Å². The number of nitrogens with zero attached hydrogens (tertiary/aromatic N) is 3. The van der Waals surface area contributed by atoms with Crippen molar-refractivity contribution in [1.29, 1.82) is 0 Å². The Kier molecular flexibility index (Phi) is 4.01. The van der Waals surface area contributed by atoms with Crippen LogP contribution < -0.4 is 4.74 Å². The second kappa shape index (κ2) is 5.99. The second-order valence-corrected chi connectivity index (χ2v) is 5.42. The topological polar surface area (TPSA) is 61.0 Å². The number of ether oxygens (including phenoxy) is 1. The molecule has 0 amide bonds. The number of aryl methyl sites for hydroxylation is 2. The molecule has 5 nitrogen and oxygen atoms in total. The summed E-state index contributed by atoms with van der Waals surface area (Å²) >= 11 is 0. The van der Waals surface area contributed by atoms with E-state index in [1.807, 2.05) is 13.0 Å². The molecule has 124 valence electrons. The highest BCUT2D eigenvalue weighted by atomic mass is 19.3. The summed E-state index contributed by atoms with van der Waals surface area (Å²) < 4.78 is 37.3. The van der Waals surface area contributed by atoms with E-state index in [4.69, 9.17) is 9.26 Å². The summed E-state index contributed by atoms with van der Waals surface area (Å²) in [5.41, 5.74) is 1.90. The van der Waals surface area contributed by atoms with Crippen molar-refractivity contribution >= 4 is 0 Å². The molecule has 0 spiro atoms. The van der Waals surface area contributed by atoms with Gasteiger partial charge in [0.05, 0.1) is 17.5 Å². The maximum absolute atomic E-state index is 13.2. The van der Waals surface area contributed by atoms with Crippen molar-refractivity contribution < 1.29 is 18.0 Å². The highest BCUT2D eigenvalue weighted by molar-refractivity contribution is 5.72. The minimum absolute atomic E-state index is 0.315. The van der Waals surface area contributed by atoms with Gasteiger partial charge in [-0.3, -0.25) is 4.98 Å². The average Bonchev–Trinajstić information content (AvgIpc) is 2.87. The molecule has 0 aliphatic carbocycles. The second-order valence-electron chi connectivity index (χ2n) is 5.42. The minimum Gasteiger partial charge on any atom is -0.437 e. The molecular formula is C17H15F2N3O2. The van der Waals surface area contributed by atoms with Gasteiger partial charge < -0.3 is 9.26 Å². The van der Waals surface area contributed by atoms with E-state index in [1.165, 1.54) is 18.3 Å². The number of aromatic nitrogens is 3. The quantitative estimate of drug-likeness (QED) is 0.696. The summed E-state index contributed by atoms with van der Waals surface area (Å²) in [5, 5.41) is 3.93. The van der Waals surface area contributed by atoms with Gasteiger partial charge in [-0.15, -0.1) is 0 Å². The first kappa shape index (κ1) is 16.0. The standard InChI is InChI=1S/C17H15F2N3O2/c1-10-15(11(2)24-22-10)13-5-4-8-20-16(13)23-12-6-7-14(21-9-12)17(3,18)19/h4-9H,1-3H3. The van der Waals surface area contributed by atoms with Crippen LogP contribution in [-0.4, -0.2) is 15.1 Å². The van der Waals surface area contributed by atoms with Crippen molar-refractivity contribution in [3.05, 3.63) is 53.8 Å². The molecule has 3 heterocycles. The van der Waals surface area contributed by atoms with E-state index in [2.05, 4.69) is 15.1 Å². The highest BCUT2D eigenvalue weighted by Gasteiger charge is 2.26. The van der Waals surface area contributed by atoms with Crippen molar-refractivity contribution in [2.45, 2.75) is 26.7 Å². The van der Waals surface area contributed by atoms with E-state index < -0.39 is 5.92 Å². The fraction of sp³-hybridized carbons (Fsp3) is 0.235. The van der Waals surface area contributed by atoms with Crippen LogP contribution in [0.25, 0.3) is 11.1 Å². The molecule has 3 aromatic rings. The number of halogens is 2. The highest BCUT2D eigenvalue weighted by Crippen LogP contribution is 2.35. The minimum atomic E-state index is -2.99. The number of rotatable bonds is 4. The summed E-state index contributed by atoms with van der Waals surface area (Å²) in [6.45, 7) is 4.41. The van der Waals surface area contributed by atoms with Gasteiger partial charge in [0.2, 0.25) is 5.88 Å². The molecular weight excluding hydrogens is 316 g/mol. The molecule has 0 unspecified atom stereocenters. The summed E-state index contributed by atoms with van der Waals surface area (Å²) in [6, 6.07) is 6.27. The number of hydrogen-bond acceptors (Lipinski definition) is 5. The molecule has 0 aromatic carbocycles. The Hall–Kier alpha value is -2.83. The average molecular weight is 331 g/mol. The molecule has 7 heteroatoms. The molecule has 0 fully saturated rings. The van der Waals surface area contributed by atoms with Crippen LogP contribution in [0.1, 0.15) is 24.1 Å². The molecule has 0 N–H and O–H groups in total. The van der Waals surface area contributed by atoms with Gasteiger partial charge in [-0.05, 0) is 38.1 Å². The van der Waals surface area contributed by atoms with Crippen molar-refractivity contribution in [2.75, 3.05) is 0 Å². The zero-order valence-electron chi connectivity index (χ0n) is 13.4. The zero-order chi connectivity index (χ0) is 17.3. The first-order chi connectivity index (χ1) is 11.4. The molecule has 0 saturated heterocycles. The first-order valence-corrected chi connectivity index (χ1v) is 7.26. The molecule has 0 saturated carbocycles. The van der Waals surface area contributed by atoms with Crippen LogP contribution in [0.3, 0.4) is 0 Å². The van der Waals surface area contributed by atoms with Gasteiger partial charge >= 0.3 is 0 Å².